The Balaban J connectivity index is 2.76. The molecule has 0 unspecified atom stereocenters. The van der Waals surface area contributed by atoms with Crippen LogP contribution in [0.1, 0.15) is 19.4 Å². The van der Waals surface area contributed by atoms with Crippen LogP contribution in [-0.4, -0.2) is 35.4 Å². The van der Waals surface area contributed by atoms with Gasteiger partial charge in [-0.05, 0) is 19.4 Å². The lowest BCUT2D eigenvalue weighted by Gasteiger charge is -2.28. The Bertz CT molecular complexity index is 373. The van der Waals surface area contributed by atoms with Gasteiger partial charge in [-0.15, -0.1) is 0 Å². The Morgan fingerprint density at radius 2 is 1.94 bits per heavy atom. The van der Waals surface area contributed by atoms with Gasteiger partial charge in [-0.2, -0.15) is 0 Å². The van der Waals surface area contributed by atoms with Crippen LogP contribution < -0.4 is 0 Å². The van der Waals surface area contributed by atoms with Gasteiger partial charge in [-0.1, -0.05) is 46.3 Å². The molecule has 0 aliphatic rings. The maximum atomic E-state index is 12.3. The van der Waals surface area contributed by atoms with Gasteiger partial charge in [-0.3, -0.25) is 4.79 Å². The first-order valence-corrected chi connectivity index (χ1v) is 6.75. The van der Waals surface area contributed by atoms with E-state index in [1.165, 1.54) is 0 Å². The lowest BCUT2D eigenvalue weighted by molar-refractivity contribution is -0.134. The standard InChI is InChI=1S/C14H20BrNO2/c1-14(2,15)13(17)16(9-10-18-3)11-12-7-5-4-6-8-12/h4-8H,9-11H2,1-3H3. The summed E-state index contributed by atoms with van der Waals surface area (Å²) in [5, 5.41) is 0. The fourth-order valence-corrected chi connectivity index (χ4v) is 1.88. The molecule has 1 amide bonds. The average Bonchev–Trinajstić information content (AvgIpc) is 2.33. The fourth-order valence-electron chi connectivity index (χ4n) is 1.63. The minimum Gasteiger partial charge on any atom is -0.383 e. The van der Waals surface area contributed by atoms with Gasteiger partial charge in [0.25, 0.3) is 0 Å². The molecule has 0 aliphatic carbocycles. The molecule has 0 spiro atoms. The van der Waals surface area contributed by atoms with Crippen molar-refractivity contribution in [2.75, 3.05) is 20.3 Å². The molecule has 100 valence electrons. The van der Waals surface area contributed by atoms with Crippen LogP contribution in [0, 0.1) is 0 Å². The highest BCUT2D eigenvalue weighted by Gasteiger charge is 2.28. The van der Waals surface area contributed by atoms with Crippen LogP contribution >= 0.6 is 15.9 Å². The molecule has 18 heavy (non-hydrogen) atoms. The molecule has 0 N–H and O–H groups in total. The number of hydrogen-bond donors (Lipinski definition) is 0. The average molecular weight is 314 g/mol. The van der Waals surface area contributed by atoms with Gasteiger partial charge >= 0.3 is 0 Å². The summed E-state index contributed by atoms with van der Waals surface area (Å²) in [5.74, 6) is 0.0726. The van der Waals surface area contributed by atoms with E-state index in [-0.39, 0.29) is 5.91 Å². The van der Waals surface area contributed by atoms with Crippen LogP contribution in [0.4, 0.5) is 0 Å². The molecule has 0 atom stereocenters. The van der Waals surface area contributed by atoms with Crippen molar-refractivity contribution in [1.82, 2.24) is 4.90 Å². The first kappa shape index (κ1) is 15.2. The summed E-state index contributed by atoms with van der Waals surface area (Å²) in [6.07, 6.45) is 0. The van der Waals surface area contributed by atoms with Gasteiger partial charge < -0.3 is 9.64 Å². The van der Waals surface area contributed by atoms with Gasteiger partial charge in [-0.25, -0.2) is 0 Å². The largest absolute Gasteiger partial charge is 0.383 e. The molecule has 4 heteroatoms. The van der Waals surface area contributed by atoms with Gasteiger partial charge in [0.1, 0.15) is 0 Å². The highest BCUT2D eigenvalue weighted by molar-refractivity contribution is 9.10. The number of rotatable bonds is 6. The first-order chi connectivity index (χ1) is 8.45. The second kappa shape index (κ2) is 6.90. The maximum absolute atomic E-state index is 12.3. The molecule has 3 nitrogen and oxygen atoms in total. The number of halogens is 1. The van der Waals surface area contributed by atoms with E-state index in [2.05, 4.69) is 15.9 Å². The van der Waals surface area contributed by atoms with Crippen molar-refractivity contribution >= 4 is 21.8 Å². The Hall–Kier alpha value is -0.870. The fraction of sp³-hybridized carbons (Fsp3) is 0.500. The molecule has 1 aromatic rings. The van der Waals surface area contributed by atoms with E-state index < -0.39 is 4.32 Å². The highest BCUT2D eigenvalue weighted by atomic mass is 79.9. The molecule has 1 rings (SSSR count). The summed E-state index contributed by atoms with van der Waals surface area (Å²) in [6.45, 7) is 5.47. The molecule has 0 aromatic heterocycles. The third-order valence-corrected chi connectivity index (χ3v) is 2.92. The van der Waals surface area contributed by atoms with E-state index in [4.69, 9.17) is 4.74 Å². The van der Waals surface area contributed by atoms with Crippen LogP contribution in [0.2, 0.25) is 0 Å². The Labute approximate surface area is 117 Å². The van der Waals surface area contributed by atoms with Crippen molar-refractivity contribution in [3.05, 3.63) is 35.9 Å². The lowest BCUT2D eigenvalue weighted by Crippen LogP contribution is -2.42. The van der Waals surface area contributed by atoms with Crippen molar-refractivity contribution in [3.8, 4) is 0 Å². The number of nitrogens with zero attached hydrogens (tertiary/aromatic N) is 1. The summed E-state index contributed by atoms with van der Waals surface area (Å²) < 4.78 is 4.52. The minimum absolute atomic E-state index is 0.0726. The van der Waals surface area contributed by atoms with E-state index in [9.17, 15) is 4.79 Å². The number of ether oxygens (including phenoxy) is 1. The van der Waals surface area contributed by atoms with Crippen molar-refractivity contribution in [3.63, 3.8) is 0 Å². The summed E-state index contributed by atoms with van der Waals surface area (Å²) in [4.78, 5) is 14.1. The Morgan fingerprint density at radius 3 is 2.44 bits per heavy atom. The smallest absolute Gasteiger partial charge is 0.239 e. The molecule has 0 fully saturated rings. The SMILES string of the molecule is COCCN(Cc1ccccc1)C(=O)C(C)(C)Br. The molecule has 0 heterocycles. The number of carbonyl (C=O) groups is 1. The van der Waals surface area contributed by atoms with Crippen LogP contribution in [0.3, 0.4) is 0 Å². The summed E-state index contributed by atoms with van der Waals surface area (Å²) >= 11 is 3.42. The van der Waals surface area contributed by atoms with Crippen molar-refractivity contribution in [2.24, 2.45) is 0 Å². The molecular formula is C14H20BrNO2. The molecule has 0 bridgehead atoms. The maximum Gasteiger partial charge on any atom is 0.239 e. The van der Waals surface area contributed by atoms with E-state index in [1.54, 1.807) is 7.11 Å². The zero-order chi connectivity index (χ0) is 13.6. The van der Waals surface area contributed by atoms with Crippen LogP contribution in [0.25, 0.3) is 0 Å². The predicted molar refractivity (Wildman–Crippen MR) is 76.7 cm³/mol. The van der Waals surface area contributed by atoms with Crippen LogP contribution in [-0.2, 0) is 16.1 Å². The first-order valence-electron chi connectivity index (χ1n) is 5.96. The number of amides is 1. The molecule has 0 radical (unpaired) electrons. The second-order valence-corrected chi connectivity index (χ2v) is 6.66. The number of alkyl halides is 1. The molecule has 0 saturated heterocycles. The third-order valence-electron chi connectivity index (χ3n) is 2.58. The Morgan fingerprint density at radius 1 is 1.33 bits per heavy atom. The summed E-state index contributed by atoms with van der Waals surface area (Å²) in [6, 6.07) is 9.98. The van der Waals surface area contributed by atoms with Gasteiger partial charge in [0.05, 0.1) is 10.9 Å². The zero-order valence-electron chi connectivity index (χ0n) is 11.1. The van der Waals surface area contributed by atoms with Crippen molar-refractivity contribution in [1.29, 1.82) is 0 Å². The summed E-state index contributed by atoms with van der Waals surface area (Å²) in [7, 11) is 1.64. The topological polar surface area (TPSA) is 29.5 Å². The molecule has 0 aliphatic heterocycles. The second-order valence-electron chi connectivity index (χ2n) is 4.68. The minimum atomic E-state index is -0.546. The van der Waals surface area contributed by atoms with Crippen LogP contribution in [0.15, 0.2) is 30.3 Å². The molecular weight excluding hydrogens is 294 g/mol. The quantitative estimate of drug-likeness (QED) is 0.756. The third kappa shape index (κ3) is 4.78. The van der Waals surface area contributed by atoms with Crippen LogP contribution in [0.5, 0.6) is 0 Å². The van der Waals surface area contributed by atoms with Gasteiger partial charge in [0.15, 0.2) is 0 Å². The number of methoxy groups -OCH3 is 1. The summed E-state index contributed by atoms with van der Waals surface area (Å²) in [5.41, 5.74) is 1.12. The molecule has 1 aromatic carbocycles. The molecule has 0 saturated carbocycles. The van der Waals surface area contributed by atoms with E-state index in [0.717, 1.165) is 5.56 Å². The Kier molecular flexibility index (Phi) is 5.82. The highest BCUT2D eigenvalue weighted by Crippen LogP contribution is 2.20. The van der Waals surface area contributed by atoms with Gasteiger partial charge in [0.2, 0.25) is 5.91 Å². The number of carbonyl (C=O) groups excluding carboxylic acids is 1. The van der Waals surface area contributed by atoms with Crippen molar-refractivity contribution < 1.29 is 9.53 Å². The van der Waals surface area contributed by atoms with E-state index in [1.807, 2.05) is 49.1 Å². The monoisotopic (exact) mass is 313 g/mol. The normalized spacial score (nSPS) is 11.3. The predicted octanol–water partition coefficient (Wildman–Crippen LogP) is 2.84. The lowest BCUT2D eigenvalue weighted by atomic mass is 10.1. The van der Waals surface area contributed by atoms with E-state index in [0.29, 0.717) is 19.7 Å². The van der Waals surface area contributed by atoms with Crippen molar-refractivity contribution in [2.45, 2.75) is 24.7 Å². The number of benzene rings is 1. The number of hydrogen-bond acceptors (Lipinski definition) is 2. The van der Waals surface area contributed by atoms with Gasteiger partial charge in [0, 0.05) is 20.2 Å². The zero-order valence-corrected chi connectivity index (χ0v) is 12.7. The van der Waals surface area contributed by atoms with E-state index >= 15 is 0 Å².